The standard InChI is InChI=1S/C20H24FN3O2/c21-17-7-4-8-18(16(17)12-22)23-14-20(9-2-1-3-10-20)24-19(25)15-6-5-11-26-13-15/h4,7-8,13,23H,1-3,5-6,9-11,14H2,(H,24,25). The van der Waals surface area contributed by atoms with Gasteiger partial charge in [0.25, 0.3) is 5.91 Å². The molecule has 0 saturated heterocycles. The van der Waals surface area contributed by atoms with E-state index in [0.717, 1.165) is 44.9 Å². The summed E-state index contributed by atoms with van der Waals surface area (Å²) in [7, 11) is 0. The van der Waals surface area contributed by atoms with Crippen molar-refractivity contribution in [1.82, 2.24) is 5.32 Å². The highest BCUT2D eigenvalue weighted by Crippen LogP contribution is 2.30. The molecule has 0 radical (unpaired) electrons. The summed E-state index contributed by atoms with van der Waals surface area (Å²) in [5, 5.41) is 15.6. The molecule has 26 heavy (non-hydrogen) atoms. The number of nitrogens with one attached hydrogen (secondary N) is 2. The lowest BCUT2D eigenvalue weighted by atomic mass is 9.81. The Labute approximate surface area is 153 Å². The fourth-order valence-electron chi connectivity index (χ4n) is 3.68. The van der Waals surface area contributed by atoms with Crippen LogP contribution in [0.1, 0.15) is 50.5 Å². The highest BCUT2D eigenvalue weighted by Gasteiger charge is 2.34. The molecule has 0 unspecified atom stereocenters. The summed E-state index contributed by atoms with van der Waals surface area (Å²) >= 11 is 0. The number of amides is 1. The Kier molecular flexibility index (Phi) is 5.77. The Balaban J connectivity index is 1.74. The van der Waals surface area contributed by atoms with Gasteiger partial charge in [0.15, 0.2) is 0 Å². The van der Waals surface area contributed by atoms with Gasteiger partial charge in [0.05, 0.1) is 29.7 Å². The van der Waals surface area contributed by atoms with E-state index in [1.165, 1.54) is 6.07 Å². The number of ether oxygens (including phenoxy) is 1. The van der Waals surface area contributed by atoms with Gasteiger partial charge < -0.3 is 15.4 Å². The van der Waals surface area contributed by atoms with Crippen molar-refractivity contribution in [2.75, 3.05) is 18.5 Å². The molecule has 6 heteroatoms. The number of anilines is 1. The van der Waals surface area contributed by atoms with E-state index >= 15 is 0 Å². The highest BCUT2D eigenvalue weighted by atomic mass is 19.1. The Hall–Kier alpha value is -2.55. The minimum Gasteiger partial charge on any atom is -0.501 e. The lowest BCUT2D eigenvalue weighted by Crippen LogP contribution is -2.54. The fourth-order valence-corrected chi connectivity index (χ4v) is 3.68. The lowest BCUT2D eigenvalue weighted by Gasteiger charge is -2.39. The molecule has 1 aromatic rings. The van der Waals surface area contributed by atoms with Crippen LogP contribution in [0.25, 0.3) is 0 Å². The second-order valence-electron chi connectivity index (χ2n) is 7.04. The molecule has 5 nitrogen and oxygen atoms in total. The van der Waals surface area contributed by atoms with Crippen LogP contribution in [0.4, 0.5) is 10.1 Å². The molecule has 1 amide bonds. The van der Waals surface area contributed by atoms with E-state index in [2.05, 4.69) is 10.6 Å². The van der Waals surface area contributed by atoms with Crippen LogP contribution in [0.15, 0.2) is 30.0 Å². The molecule has 2 N–H and O–H groups in total. The smallest absolute Gasteiger partial charge is 0.250 e. The summed E-state index contributed by atoms with van der Waals surface area (Å²) in [5.41, 5.74) is 0.747. The Morgan fingerprint density at radius 1 is 1.27 bits per heavy atom. The van der Waals surface area contributed by atoms with Crippen LogP contribution >= 0.6 is 0 Å². The Morgan fingerprint density at radius 2 is 2.08 bits per heavy atom. The van der Waals surface area contributed by atoms with Gasteiger partial charge in [-0.1, -0.05) is 25.3 Å². The largest absolute Gasteiger partial charge is 0.501 e. The fraction of sp³-hybridized carbons (Fsp3) is 0.500. The summed E-state index contributed by atoms with van der Waals surface area (Å²) in [5.74, 6) is -0.628. The van der Waals surface area contributed by atoms with Gasteiger partial charge in [-0.3, -0.25) is 4.79 Å². The number of nitriles is 1. The van der Waals surface area contributed by atoms with Crippen molar-refractivity contribution in [2.45, 2.75) is 50.5 Å². The molecule has 1 aliphatic carbocycles. The minimum absolute atomic E-state index is 0.00757. The highest BCUT2D eigenvalue weighted by molar-refractivity contribution is 5.93. The van der Waals surface area contributed by atoms with Crippen LogP contribution < -0.4 is 10.6 Å². The zero-order valence-corrected chi connectivity index (χ0v) is 14.8. The number of carbonyl (C=O) groups excluding carboxylic acids is 1. The van der Waals surface area contributed by atoms with Gasteiger partial charge in [-0.05, 0) is 37.8 Å². The average Bonchev–Trinajstić information content (AvgIpc) is 2.68. The van der Waals surface area contributed by atoms with Crippen molar-refractivity contribution in [3.8, 4) is 6.07 Å². The molecule has 2 aliphatic rings. The summed E-state index contributed by atoms with van der Waals surface area (Å²) < 4.78 is 19.1. The normalized spacial score (nSPS) is 18.8. The second-order valence-corrected chi connectivity index (χ2v) is 7.04. The molecule has 3 rings (SSSR count). The van der Waals surface area contributed by atoms with E-state index in [9.17, 15) is 14.4 Å². The maximum absolute atomic E-state index is 13.8. The first-order valence-corrected chi connectivity index (χ1v) is 9.19. The van der Waals surface area contributed by atoms with Crippen LogP contribution in [0.2, 0.25) is 0 Å². The molecule has 1 aromatic carbocycles. The van der Waals surface area contributed by atoms with Crippen molar-refractivity contribution in [3.63, 3.8) is 0 Å². The van der Waals surface area contributed by atoms with E-state index < -0.39 is 11.4 Å². The first kappa shape index (κ1) is 18.2. The summed E-state index contributed by atoms with van der Waals surface area (Å²) in [6, 6.07) is 6.45. The summed E-state index contributed by atoms with van der Waals surface area (Å²) in [6.07, 6.45) is 8.05. The molecule has 1 aliphatic heterocycles. The van der Waals surface area contributed by atoms with Crippen molar-refractivity contribution in [3.05, 3.63) is 41.4 Å². The number of benzene rings is 1. The molecular weight excluding hydrogens is 333 g/mol. The third-order valence-corrected chi connectivity index (χ3v) is 5.16. The van der Waals surface area contributed by atoms with Gasteiger partial charge in [-0.15, -0.1) is 0 Å². The van der Waals surface area contributed by atoms with Crippen LogP contribution in [0.3, 0.4) is 0 Å². The van der Waals surface area contributed by atoms with E-state index in [1.807, 2.05) is 6.07 Å². The summed E-state index contributed by atoms with van der Waals surface area (Å²) in [6.45, 7) is 1.12. The van der Waals surface area contributed by atoms with Crippen LogP contribution in [-0.4, -0.2) is 24.6 Å². The van der Waals surface area contributed by atoms with Crippen LogP contribution in [-0.2, 0) is 9.53 Å². The summed E-state index contributed by atoms with van der Waals surface area (Å²) in [4.78, 5) is 12.7. The number of hydrogen-bond acceptors (Lipinski definition) is 4. The Bertz CT molecular complexity index is 733. The van der Waals surface area contributed by atoms with Crippen molar-refractivity contribution in [1.29, 1.82) is 5.26 Å². The Morgan fingerprint density at radius 3 is 2.77 bits per heavy atom. The number of halogens is 1. The molecule has 1 fully saturated rings. The average molecular weight is 357 g/mol. The topological polar surface area (TPSA) is 74.2 Å². The SMILES string of the molecule is N#Cc1c(F)cccc1NCC1(NC(=O)C2=COCCC2)CCCCC1. The molecule has 1 heterocycles. The third-order valence-electron chi connectivity index (χ3n) is 5.16. The number of rotatable bonds is 5. The number of carbonyl (C=O) groups is 1. The van der Waals surface area contributed by atoms with Gasteiger partial charge in [0.1, 0.15) is 17.4 Å². The lowest BCUT2D eigenvalue weighted by molar-refractivity contribution is -0.120. The molecule has 1 saturated carbocycles. The van der Waals surface area contributed by atoms with Gasteiger partial charge in [-0.25, -0.2) is 4.39 Å². The van der Waals surface area contributed by atoms with Gasteiger partial charge in [0, 0.05) is 6.54 Å². The van der Waals surface area contributed by atoms with Gasteiger partial charge in [-0.2, -0.15) is 5.26 Å². The second kappa shape index (κ2) is 8.22. The van der Waals surface area contributed by atoms with Gasteiger partial charge >= 0.3 is 0 Å². The van der Waals surface area contributed by atoms with E-state index in [1.54, 1.807) is 18.4 Å². The van der Waals surface area contributed by atoms with Crippen LogP contribution in [0, 0.1) is 17.1 Å². The molecular formula is C20H24FN3O2. The first-order chi connectivity index (χ1) is 12.6. The predicted octanol–water partition coefficient (Wildman–Crippen LogP) is 3.62. The third kappa shape index (κ3) is 4.16. The zero-order valence-electron chi connectivity index (χ0n) is 14.8. The maximum Gasteiger partial charge on any atom is 0.250 e. The predicted molar refractivity (Wildman–Crippen MR) is 96.8 cm³/mol. The van der Waals surface area contributed by atoms with Gasteiger partial charge in [0.2, 0.25) is 0 Å². The molecule has 138 valence electrons. The van der Waals surface area contributed by atoms with Crippen molar-refractivity contribution >= 4 is 11.6 Å². The van der Waals surface area contributed by atoms with E-state index in [0.29, 0.717) is 24.4 Å². The minimum atomic E-state index is -0.538. The van der Waals surface area contributed by atoms with Crippen LogP contribution in [0.5, 0.6) is 0 Å². The maximum atomic E-state index is 13.8. The van der Waals surface area contributed by atoms with Crippen molar-refractivity contribution in [2.24, 2.45) is 0 Å². The van der Waals surface area contributed by atoms with E-state index in [4.69, 9.17) is 4.74 Å². The number of nitrogens with zero attached hydrogens (tertiary/aromatic N) is 1. The quantitative estimate of drug-likeness (QED) is 0.844. The zero-order chi connectivity index (χ0) is 18.4. The molecule has 0 aromatic heterocycles. The van der Waals surface area contributed by atoms with E-state index in [-0.39, 0.29) is 11.5 Å². The molecule has 0 bridgehead atoms. The molecule has 0 spiro atoms. The van der Waals surface area contributed by atoms with Crippen molar-refractivity contribution < 1.29 is 13.9 Å². The molecule has 0 atom stereocenters. The first-order valence-electron chi connectivity index (χ1n) is 9.19. The monoisotopic (exact) mass is 357 g/mol. The number of hydrogen-bond donors (Lipinski definition) is 2.